The molecule has 2 rings (SSSR count). The molecule has 0 bridgehead atoms. The van der Waals surface area contributed by atoms with Crippen LogP contribution in [0.4, 0.5) is 5.69 Å². The van der Waals surface area contributed by atoms with E-state index >= 15 is 0 Å². The summed E-state index contributed by atoms with van der Waals surface area (Å²) in [4.78, 5) is 12.0. The van der Waals surface area contributed by atoms with Crippen LogP contribution in [0.3, 0.4) is 0 Å². The number of para-hydroxylation sites is 1. The first-order valence-corrected chi connectivity index (χ1v) is 5.87. The highest BCUT2D eigenvalue weighted by atomic mass is 16.1. The Balaban J connectivity index is 1.98. The van der Waals surface area contributed by atoms with Crippen LogP contribution < -0.4 is 11.1 Å². The van der Waals surface area contributed by atoms with Gasteiger partial charge in [0, 0.05) is 11.6 Å². The number of carbonyl (C=O) groups is 1. The minimum atomic E-state index is 0.102. The molecular formula is C13H18N2O. The summed E-state index contributed by atoms with van der Waals surface area (Å²) in [5.41, 5.74) is 6.55. The van der Waals surface area contributed by atoms with Crippen LogP contribution in [0.25, 0.3) is 0 Å². The number of carbonyl (C=O) groups excluding carboxylic acids is 1. The van der Waals surface area contributed by atoms with E-state index in [1.807, 2.05) is 30.3 Å². The third-order valence-corrected chi connectivity index (χ3v) is 3.34. The van der Waals surface area contributed by atoms with Crippen LogP contribution in [0.1, 0.15) is 19.3 Å². The van der Waals surface area contributed by atoms with E-state index in [1.54, 1.807) is 0 Å². The van der Waals surface area contributed by atoms with Crippen molar-refractivity contribution in [3.8, 4) is 0 Å². The second-order valence-corrected chi connectivity index (χ2v) is 4.39. The lowest BCUT2D eigenvalue weighted by molar-refractivity contribution is -0.120. The van der Waals surface area contributed by atoms with Gasteiger partial charge in [0.2, 0.25) is 5.91 Å². The molecule has 0 aromatic heterocycles. The number of nitrogens with two attached hydrogens (primary N) is 1. The summed E-state index contributed by atoms with van der Waals surface area (Å²) >= 11 is 0. The highest BCUT2D eigenvalue weighted by molar-refractivity contribution is 5.92. The average Bonchev–Trinajstić information content (AvgIpc) is 2.78. The van der Waals surface area contributed by atoms with Crippen LogP contribution in [0, 0.1) is 11.8 Å². The van der Waals surface area contributed by atoms with Gasteiger partial charge in [0.1, 0.15) is 0 Å². The van der Waals surface area contributed by atoms with Gasteiger partial charge < -0.3 is 11.1 Å². The van der Waals surface area contributed by atoms with Crippen molar-refractivity contribution in [3.05, 3.63) is 30.3 Å². The largest absolute Gasteiger partial charge is 0.330 e. The Bertz CT molecular complexity index is 350. The number of amides is 1. The maximum Gasteiger partial charge on any atom is 0.227 e. The van der Waals surface area contributed by atoms with E-state index in [-0.39, 0.29) is 11.8 Å². The van der Waals surface area contributed by atoms with Crippen molar-refractivity contribution in [2.45, 2.75) is 19.3 Å². The second-order valence-electron chi connectivity index (χ2n) is 4.39. The predicted molar refractivity (Wildman–Crippen MR) is 65.0 cm³/mol. The smallest absolute Gasteiger partial charge is 0.227 e. The SMILES string of the molecule is NCC1CCCC1C(=O)Nc1ccccc1. The van der Waals surface area contributed by atoms with Crippen molar-refractivity contribution in [2.75, 3.05) is 11.9 Å². The Morgan fingerprint density at radius 2 is 2.06 bits per heavy atom. The Hall–Kier alpha value is -1.35. The lowest BCUT2D eigenvalue weighted by Gasteiger charge is -2.17. The standard InChI is InChI=1S/C13H18N2O/c14-9-10-5-4-8-12(10)13(16)15-11-6-2-1-3-7-11/h1-3,6-7,10,12H,4-5,8-9,14H2,(H,15,16). The second kappa shape index (κ2) is 5.12. The molecule has 2 unspecified atom stereocenters. The van der Waals surface area contributed by atoms with Crippen LogP contribution in [-0.2, 0) is 4.79 Å². The van der Waals surface area contributed by atoms with E-state index in [9.17, 15) is 4.79 Å². The van der Waals surface area contributed by atoms with E-state index in [1.165, 1.54) is 0 Å². The van der Waals surface area contributed by atoms with Gasteiger partial charge in [-0.15, -0.1) is 0 Å². The zero-order valence-corrected chi connectivity index (χ0v) is 9.36. The fraction of sp³-hybridized carbons (Fsp3) is 0.462. The number of hydrogen-bond donors (Lipinski definition) is 2. The van der Waals surface area contributed by atoms with E-state index < -0.39 is 0 Å². The Labute approximate surface area is 96.0 Å². The molecule has 0 aliphatic heterocycles. The summed E-state index contributed by atoms with van der Waals surface area (Å²) in [6.07, 6.45) is 3.18. The molecule has 1 fully saturated rings. The average molecular weight is 218 g/mol. The summed E-state index contributed by atoms with van der Waals surface area (Å²) in [7, 11) is 0. The van der Waals surface area contributed by atoms with Crippen LogP contribution in [0.15, 0.2) is 30.3 Å². The van der Waals surface area contributed by atoms with Gasteiger partial charge in [-0.2, -0.15) is 0 Å². The number of benzene rings is 1. The molecule has 1 aromatic carbocycles. The van der Waals surface area contributed by atoms with Gasteiger partial charge in [-0.05, 0) is 37.4 Å². The minimum absolute atomic E-state index is 0.102. The van der Waals surface area contributed by atoms with Crippen molar-refractivity contribution in [3.63, 3.8) is 0 Å². The Morgan fingerprint density at radius 3 is 2.75 bits per heavy atom. The van der Waals surface area contributed by atoms with Gasteiger partial charge >= 0.3 is 0 Å². The Kier molecular flexibility index (Phi) is 3.57. The lowest BCUT2D eigenvalue weighted by atomic mass is 9.95. The van der Waals surface area contributed by atoms with E-state index in [4.69, 9.17) is 5.73 Å². The maximum atomic E-state index is 12.0. The van der Waals surface area contributed by atoms with Crippen molar-refractivity contribution < 1.29 is 4.79 Å². The summed E-state index contributed by atoms with van der Waals surface area (Å²) in [6.45, 7) is 0.618. The lowest BCUT2D eigenvalue weighted by Crippen LogP contribution is -2.29. The van der Waals surface area contributed by atoms with E-state index in [0.717, 1.165) is 24.9 Å². The van der Waals surface area contributed by atoms with Gasteiger partial charge in [-0.1, -0.05) is 24.6 Å². The topological polar surface area (TPSA) is 55.1 Å². The zero-order chi connectivity index (χ0) is 11.4. The minimum Gasteiger partial charge on any atom is -0.330 e. The monoisotopic (exact) mass is 218 g/mol. The zero-order valence-electron chi connectivity index (χ0n) is 9.36. The highest BCUT2D eigenvalue weighted by Crippen LogP contribution is 2.31. The summed E-state index contributed by atoms with van der Waals surface area (Å²) < 4.78 is 0. The van der Waals surface area contributed by atoms with Gasteiger partial charge in [0.05, 0.1) is 0 Å². The molecule has 3 N–H and O–H groups in total. The van der Waals surface area contributed by atoms with Crippen LogP contribution in [-0.4, -0.2) is 12.5 Å². The summed E-state index contributed by atoms with van der Waals surface area (Å²) in [5, 5.41) is 2.95. The van der Waals surface area contributed by atoms with Gasteiger partial charge in [0.15, 0.2) is 0 Å². The molecule has 1 aliphatic carbocycles. The molecule has 16 heavy (non-hydrogen) atoms. The molecule has 3 nitrogen and oxygen atoms in total. The van der Waals surface area contributed by atoms with Gasteiger partial charge in [-0.3, -0.25) is 4.79 Å². The molecule has 1 aromatic rings. The molecule has 0 saturated heterocycles. The fourth-order valence-corrected chi connectivity index (χ4v) is 2.42. The van der Waals surface area contributed by atoms with Crippen LogP contribution in [0.5, 0.6) is 0 Å². The number of nitrogens with one attached hydrogen (secondary N) is 1. The third-order valence-electron chi connectivity index (χ3n) is 3.34. The molecule has 86 valence electrons. The molecule has 3 heteroatoms. The molecule has 0 radical (unpaired) electrons. The number of anilines is 1. The number of rotatable bonds is 3. The van der Waals surface area contributed by atoms with Crippen LogP contribution >= 0.6 is 0 Å². The first-order valence-electron chi connectivity index (χ1n) is 5.87. The Morgan fingerprint density at radius 1 is 1.31 bits per heavy atom. The van der Waals surface area contributed by atoms with Crippen molar-refractivity contribution >= 4 is 11.6 Å². The first-order chi connectivity index (χ1) is 7.81. The predicted octanol–water partition coefficient (Wildman–Crippen LogP) is 2.00. The molecular weight excluding hydrogens is 200 g/mol. The fourth-order valence-electron chi connectivity index (χ4n) is 2.42. The van der Waals surface area contributed by atoms with Crippen molar-refractivity contribution in [1.29, 1.82) is 0 Å². The van der Waals surface area contributed by atoms with Crippen molar-refractivity contribution in [1.82, 2.24) is 0 Å². The molecule has 1 saturated carbocycles. The van der Waals surface area contributed by atoms with E-state index in [2.05, 4.69) is 5.32 Å². The molecule has 0 spiro atoms. The molecule has 1 amide bonds. The van der Waals surface area contributed by atoms with Crippen LogP contribution in [0.2, 0.25) is 0 Å². The van der Waals surface area contributed by atoms with Gasteiger partial charge in [0.25, 0.3) is 0 Å². The quantitative estimate of drug-likeness (QED) is 0.815. The normalized spacial score (nSPS) is 24.3. The number of hydrogen-bond acceptors (Lipinski definition) is 2. The highest BCUT2D eigenvalue weighted by Gasteiger charge is 2.31. The van der Waals surface area contributed by atoms with Gasteiger partial charge in [-0.25, -0.2) is 0 Å². The van der Waals surface area contributed by atoms with E-state index in [0.29, 0.717) is 12.5 Å². The maximum absolute atomic E-state index is 12.0. The molecule has 2 atom stereocenters. The van der Waals surface area contributed by atoms with Crippen molar-refractivity contribution in [2.24, 2.45) is 17.6 Å². The molecule has 0 heterocycles. The third kappa shape index (κ3) is 2.42. The first kappa shape index (κ1) is 11.1. The summed E-state index contributed by atoms with van der Waals surface area (Å²) in [5.74, 6) is 0.591. The molecule has 1 aliphatic rings. The summed E-state index contributed by atoms with van der Waals surface area (Å²) in [6, 6.07) is 9.60.